The summed E-state index contributed by atoms with van der Waals surface area (Å²) in [6.45, 7) is 4.15. The first-order valence-electron chi connectivity index (χ1n) is 13.2. The molecule has 0 heterocycles. The second-order valence-corrected chi connectivity index (χ2v) is 10.9. The third kappa shape index (κ3) is 5.74. The van der Waals surface area contributed by atoms with E-state index < -0.39 is 17.7 Å². The number of ketones is 2. The second-order valence-electron chi connectivity index (χ2n) is 10.9. The molecule has 5 rings (SSSR count). The van der Waals surface area contributed by atoms with Crippen LogP contribution in [0.3, 0.4) is 0 Å². The number of allylic oxidation sites excluding steroid dienone is 17. The fourth-order valence-electron chi connectivity index (χ4n) is 6.11. The number of carbonyl (C=O) groups is 2. The normalized spacial score (nSPS) is 28.5. The van der Waals surface area contributed by atoms with Gasteiger partial charge in [-0.25, -0.2) is 0 Å². The molecule has 0 radical (unpaired) electrons. The molecule has 5 aliphatic carbocycles. The van der Waals surface area contributed by atoms with Crippen LogP contribution < -0.4 is 0 Å². The van der Waals surface area contributed by atoms with Gasteiger partial charge >= 0.3 is 5.97 Å². The van der Waals surface area contributed by atoms with E-state index in [1.165, 1.54) is 16.7 Å². The summed E-state index contributed by atoms with van der Waals surface area (Å²) >= 11 is 0. The van der Waals surface area contributed by atoms with E-state index in [2.05, 4.69) is 49.1 Å². The van der Waals surface area contributed by atoms with Crippen molar-refractivity contribution in [2.75, 3.05) is 0 Å². The highest BCUT2D eigenvalue weighted by Crippen LogP contribution is 2.39. The van der Waals surface area contributed by atoms with Crippen molar-refractivity contribution < 1.29 is 24.9 Å². The van der Waals surface area contributed by atoms with Crippen molar-refractivity contribution >= 4 is 11.6 Å². The summed E-state index contributed by atoms with van der Waals surface area (Å²) in [5, 5.41) is 27.5. The SMILES string of the molecule is C=C1C=C(C(=O)CCC2=CC3C=C(CC4CCC(C(=O)C(O)(O)O)CC4)C=CC3=C2)C=C2C=CC=CC12. The van der Waals surface area contributed by atoms with Crippen molar-refractivity contribution in [3.8, 4) is 0 Å². The van der Waals surface area contributed by atoms with Crippen molar-refractivity contribution in [1.82, 2.24) is 0 Å². The van der Waals surface area contributed by atoms with E-state index in [0.717, 1.165) is 36.0 Å². The van der Waals surface area contributed by atoms with Gasteiger partial charge in [-0.15, -0.1) is 0 Å². The molecule has 0 spiro atoms. The first-order chi connectivity index (χ1) is 17.7. The van der Waals surface area contributed by atoms with Crippen molar-refractivity contribution in [3.05, 3.63) is 107 Å². The third-order valence-corrected chi connectivity index (χ3v) is 8.17. The van der Waals surface area contributed by atoms with Gasteiger partial charge in [-0.05, 0) is 73.3 Å². The van der Waals surface area contributed by atoms with Crippen LogP contribution in [0.5, 0.6) is 0 Å². The van der Waals surface area contributed by atoms with Gasteiger partial charge in [0.15, 0.2) is 5.78 Å². The molecule has 5 nitrogen and oxygen atoms in total. The zero-order valence-corrected chi connectivity index (χ0v) is 21.0. The summed E-state index contributed by atoms with van der Waals surface area (Å²) in [5.41, 5.74) is 6.53. The Morgan fingerprint density at radius 2 is 1.65 bits per heavy atom. The van der Waals surface area contributed by atoms with Gasteiger partial charge in [0.2, 0.25) is 5.78 Å². The standard InChI is InChI=1S/C32H34O5/c1-20-14-28(19-26-4-2-3-5-29(20)26)30(33)13-9-23-16-25-12-8-22(17-27(25)18-23)15-21-6-10-24(11-7-21)31(34)32(35,36)37/h2-5,8,12,14,16-19,21,24,27,29,35-37H,1,6-7,9-11,13,15H2. The highest BCUT2D eigenvalue weighted by Gasteiger charge is 2.38. The van der Waals surface area contributed by atoms with Crippen molar-refractivity contribution in [1.29, 1.82) is 0 Å². The largest absolute Gasteiger partial charge is 0.339 e. The van der Waals surface area contributed by atoms with Crippen LogP contribution in [-0.2, 0) is 9.59 Å². The summed E-state index contributed by atoms with van der Waals surface area (Å²) in [6, 6.07) is 0. The van der Waals surface area contributed by atoms with Crippen LogP contribution in [0.15, 0.2) is 107 Å². The Hall–Kier alpha value is -3.12. The van der Waals surface area contributed by atoms with Gasteiger partial charge in [0.1, 0.15) is 0 Å². The van der Waals surface area contributed by atoms with E-state index in [1.807, 2.05) is 24.3 Å². The summed E-state index contributed by atoms with van der Waals surface area (Å²) in [6.07, 6.45) is 28.0. The Bertz CT molecular complexity index is 1250. The first-order valence-corrected chi connectivity index (χ1v) is 13.2. The molecule has 0 aliphatic heterocycles. The lowest BCUT2D eigenvalue weighted by atomic mass is 9.76. The molecule has 0 bridgehead atoms. The maximum Gasteiger partial charge on any atom is 0.339 e. The van der Waals surface area contributed by atoms with E-state index in [-0.39, 0.29) is 17.6 Å². The van der Waals surface area contributed by atoms with Crippen LogP contribution in [0.1, 0.15) is 44.9 Å². The Morgan fingerprint density at radius 3 is 2.41 bits per heavy atom. The summed E-state index contributed by atoms with van der Waals surface area (Å²) in [5.74, 6) is -3.63. The molecule has 5 heteroatoms. The van der Waals surface area contributed by atoms with Gasteiger partial charge in [0.05, 0.1) is 0 Å². The predicted molar refractivity (Wildman–Crippen MR) is 143 cm³/mol. The maximum absolute atomic E-state index is 13.0. The van der Waals surface area contributed by atoms with Crippen LogP contribution >= 0.6 is 0 Å². The Labute approximate surface area is 218 Å². The molecule has 3 N–H and O–H groups in total. The first kappa shape index (κ1) is 25.5. The fraction of sp³-hybridized carbons (Fsp3) is 0.375. The molecule has 1 saturated carbocycles. The van der Waals surface area contributed by atoms with Gasteiger partial charge in [-0.3, -0.25) is 9.59 Å². The summed E-state index contributed by atoms with van der Waals surface area (Å²) < 4.78 is 0. The third-order valence-electron chi connectivity index (χ3n) is 8.17. The average molecular weight is 499 g/mol. The molecule has 192 valence electrons. The van der Waals surface area contributed by atoms with Crippen LogP contribution in [0, 0.1) is 23.7 Å². The minimum Gasteiger partial charge on any atom is -0.337 e. The Morgan fingerprint density at radius 1 is 0.892 bits per heavy atom. The minimum atomic E-state index is -3.22. The molecule has 0 saturated heterocycles. The lowest BCUT2D eigenvalue weighted by Gasteiger charge is -2.30. The van der Waals surface area contributed by atoms with E-state index in [0.29, 0.717) is 31.6 Å². The molecular formula is C32H34O5. The van der Waals surface area contributed by atoms with Gasteiger partial charge < -0.3 is 15.3 Å². The van der Waals surface area contributed by atoms with Crippen molar-refractivity contribution in [2.45, 2.75) is 50.9 Å². The summed E-state index contributed by atoms with van der Waals surface area (Å²) in [4.78, 5) is 24.9. The zero-order valence-electron chi connectivity index (χ0n) is 21.0. The van der Waals surface area contributed by atoms with Crippen LogP contribution in [0.2, 0.25) is 0 Å². The Kier molecular flexibility index (Phi) is 7.13. The topological polar surface area (TPSA) is 94.8 Å². The number of hydrogen-bond acceptors (Lipinski definition) is 5. The number of Topliss-reactive ketones (excluding diaryl/α,β-unsaturated/α-hetero) is 2. The molecule has 0 amide bonds. The zero-order chi connectivity index (χ0) is 26.2. The molecule has 0 aromatic rings. The minimum absolute atomic E-state index is 0.144. The smallest absolute Gasteiger partial charge is 0.337 e. The van der Waals surface area contributed by atoms with E-state index >= 15 is 0 Å². The molecule has 2 atom stereocenters. The fourth-order valence-corrected chi connectivity index (χ4v) is 6.11. The monoisotopic (exact) mass is 498 g/mol. The predicted octanol–water partition coefficient (Wildman–Crippen LogP) is 4.88. The molecular weight excluding hydrogens is 464 g/mol. The van der Waals surface area contributed by atoms with Gasteiger partial charge in [-0.1, -0.05) is 72.4 Å². The number of hydrogen-bond donors (Lipinski definition) is 3. The summed E-state index contributed by atoms with van der Waals surface area (Å²) in [7, 11) is 0. The van der Waals surface area contributed by atoms with Crippen LogP contribution in [0.25, 0.3) is 0 Å². The average Bonchev–Trinajstić information content (AvgIpc) is 3.29. The van der Waals surface area contributed by atoms with Crippen molar-refractivity contribution in [2.24, 2.45) is 23.7 Å². The van der Waals surface area contributed by atoms with Gasteiger partial charge in [-0.2, -0.15) is 0 Å². The molecule has 0 aromatic heterocycles. The Balaban J connectivity index is 1.13. The van der Waals surface area contributed by atoms with Gasteiger partial charge in [0, 0.05) is 29.7 Å². The molecule has 0 aromatic carbocycles. The molecule has 1 fully saturated rings. The number of fused-ring (bicyclic) bond motifs is 2. The molecule has 2 unspecified atom stereocenters. The van der Waals surface area contributed by atoms with Gasteiger partial charge in [0.25, 0.3) is 0 Å². The molecule has 5 aliphatic rings. The van der Waals surface area contributed by atoms with Crippen LogP contribution in [0.4, 0.5) is 0 Å². The molecule has 37 heavy (non-hydrogen) atoms. The van der Waals surface area contributed by atoms with E-state index in [4.69, 9.17) is 15.3 Å². The number of carbonyl (C=O) groups excluding carboxylic acids is 2. The van der Waals surface area contributed by atoms with Crippen LogP contribution in [-0.4, -0.2) is 32.9 Å². The lowest BCUT2D eigenvalue weighted by molar-refractivity contribution is -0.290. The highest BCUT2D eigenvalue weighted by atomic mass is 16.7. The second kappa shape index (κ2) is 10.3. The quantitative estimate of drug-likeness (QED) is 0.415. The van der Waals surface area contributed by atoms with Crippen molar-refractivity contribution in [3.63, 3.8) is 0 Å². The van der Waals surface area contributed by atoms with E-state index in [9.17, 15) is 9.59 Å². The lowest BCUT2D eigenvalue weighted by Crippen LogP contribution is -2.43. The van der Waals surface area contributed by atoms with E-state index in [1.54, 1.807) is 0 Å². The number of rotatable bonds is 8. The highest BCUT2D eigenvalue weighted by molar-refractivity contribution is 5.99. The maximum atomic E-state index is 13.0. The number of aliphatic hydroxyl groups is 3.